The number of hydrogen-bond acceptors (Lipinski definition) is 8. The molecule has 2 atom stereocenters. The molecule has 12 nitrogen and oxygen atoms in total. The third kappa shape index (κ3) is 19.3. The molecule has 0 aromatic rings. The molecule has 0 rings (SSSR count). The summed E-state index contributed by atoms with van der Waals surface area (Å²) in [4.78, 5) is 60.9. The van der Waals surface area contributed by atoms with E-state index in [0.717, 1.165) is 19.3 Å². The standard InChI is InChI=1S/C26H48N4O8/c1-25(2,3)37-22(34)18(12-9-11-17-28-20(31)13-8-7-10-16-27)29-24(36)30-19(14-15-21(32)33)23(35)38-26(4,5)6/h18-19H,7-17,27H2,1-6H3,(H,28,31)(H,32,33)(H2,29,30,36)/t18-,19?/m0/s1. The molecule has 0 bridgehead atoms. The maximum Gasteiger partial charge on any atom is 0.329 e. The zero-order valence-corrected chi connectivity index (χ0v) is 23.8. The number of nitrogens with one attached hydrogen (secondary N) is 3. The van der Waals surface area contributed by atoms with E-state index in [9.17, 15) is 24.0 Å². The van der Waals surface area contributed by atoms with Crippen molar-refractivity contribution in [2.75, 3.05) is 13.1 Å². The first-order valence-corrected chi connectivity index (χ1v) is 13.3. The van der Waals surface area contributed by atoms with E-state index in [1.54, 1.807) is 41.5 Å². The van der Waals surface area contributed by atoms with Crippen molar-refractivity contribution in [3.05, 3.63) is 0 Å². The summed E-state index contributed by atoms with van der Waals surface area (Å²) in [7, 11) is 0. The van der Waals surface area contributed by atoms with Gasteiger partial charge in [-0.2, -0.15) is 0 Å². The number of carbonyl (C=O) groups excluding carboxylic acids is 4. The minimum Gasteiger partial charge on any atom is -0.481 e. The Morgan fingerprint density at radius 1 is 0.737 bits per heavy atom. The number of esters is 2. The van der Waals surface area contributed by atoms with Gasteiger partial charge >= 0.3 is 23.9 Å². The van der Waals surface area contributed by atoms with Crippen LogP contribution in [-0.4, -0.2) is 71.3 Å². The van der Waals surface area contributed by atoms with Crippen LogP contribution in [0.25, 0.3) is 0 Å². The molecule has 0 aromatic carbocycles. The van der Waals surface area contributed by atoms with E-state index >= 15 is 0 Å². The maximum atomic E-state index is 12.7. The lowest BCUT2D eigenvalue weighted by atomic mass is 10.1. The minimum atomic E-state index is -1.22. The van der Waals surface area contributed by atoms with Crippen LogP contribution >= 0.6 is 0 Å². The lowest BCUT2D eigenvalue weighted by Gasteiger charge is -2.27. The quantitative estimate of drug-likeness (QED) is 0.135. The van der Waals surface area contributed by atoms with Crippen LogP contribution in [0.4, 0.5) is 4.79 Å². The van der Waals surface area contributed by atoms with Crippen molar-refractivity contribution in [2.45, 2.75) is 123 Å². The number of hydrogen-bond donors (Lipinski definition) is 5. The molecule has 6 N–H and O–H groups in total. The predicted molar refractivity (Wildman–Crippen MR) is 142 cm³/mol. The Hall–Kier alpha value is -2.89. The summed E-state index contributed by atoms with van der Waals surface area (Å²) >= 11 is 0. The topological polar surface area (TPSA) is 186 Å². The third-order valence-corrected chi connectivity index (χ3v) is 4.99. The summed E-state index contributed by atoms with van der Waals surface area (Å²) in [6, 6.07) is -3.06. The Kier molecular flexibility index (Phi) is 16.3. The number of aliphatic carboxylic acids is 1. The maximum absolute atomic E-state index is 12.7. The number of ether oxygens (including phenoxy) is 2. The Labute approximate surface area is 226 Å². The third-order valence-electron chi connectivity index (χ3n) is 4.99. The van der Waals surface area contributed by atoms with Gasteiger partial charge in [0.15, 0.2) is 0 Å². The van der Waals surface area contributed by atoms with Crippen LogP contribution in [0.15, 0.2) is 0 Å². The highest BCUT2D eigenvalue weighted by Crippen LogP contribution is 2.13. The number of urea groups is 1. The van der Waals surface area contributed by atoms with Crippen LogP contribution in [0, 0.1) is 0 Å². The van der Waals surface area contributed by atoms with Gasteiger partial charge in [0, 0.05) is 19.4 Å². The van der Waals surface area contributed by atoms with Crippen molar-refractivity contribution in [3.8, 4) is 0 Å². The van der Waals surface area contributed by atoms with Gasteiger partial charge in [-0.3, -0.25) is 9.59 Å². The van der Waals surface area contributed by atoms with Crippen molar-refractivity contribution in [1.29, 1.82) is 0 Å². The van der Waals surface area contributed by atoms with E-state index in [2.05, 4.69) is 16.0 Å². The molecule has 3 amide bonds. The summed E-state index contributed by atoms with van der Waals surface area (Å²) < 4.78 is 10.7. The number of amides is 3. The summed E-state index contributed by atoms with van der Waals surface area (Å²) in [5, 5.41) is 16.8. The van der Waals surface area contributed by atoms with Crippen molar-refractivity contribution >= 4 is 29.8 Å². The van der Waals surface area contributed by atoms with Crippen LogP contribution in [0.1, 0.15) is 99.3 Å². The average molecular weight is 545 g/mol. The van der Waals surface area contributed by atoms with Crippen LogP contribution in [0.2, 0.25) is 0 Å². The van der Waals surface area contributed by atoms with Crippen LogP contribution < -0.4 is 21.7 Å². The van der Waals surface area contributed by atoms with Gasteiger partial charge in [-0.05, 0) is 86.6 Å². The van der Waals surface area contributed by atoms with E-state index in [1.807, 2.05) is 0 Å². The van der Waals surface area contributed by atoms with E-state index in [0.29, 0.717) is 32.4 Å². The highest BCUT2D eigenvalue weighted by atomic mass is 16.6. The van der Waals surface area contributed by atoms with E-state index in [1.165, 1.54) is 0 Å². The molecule has 0 fully saturated rings. The van der Waals surface area contributed by atoms with Gasteiger partial charge in [0.2, 0.25) is 5.91 Å². The first kappa shape index (κ1) is 35.1. The number of nitrogens with two attached hydrogens (primary N) is 1. The first-order chi connectivity index (χ1) is 17.5. The molecule has 0 aliphatic carbocycles. The Balaban J connectivity index is 5.05. The first-order valence-electron chi connectivity index (χ1n) is 13.3. The van der Waals surface area contributed by atoms with Crippen molar-refractivity contribution < 1.29 is 38.6 Å². The van der Waals surface area contributed by atoms with E-state index in [4.69, 9.17) is 20.3 Å². The molecule has 0 aliphatic rings. The smallest absolute Gasteiger partial charge is 0.329 e. The molecular formula is C26H48N4O8. The summed E-state index contributed by atoms with van der Waals surface area (Å²) in [5.41, 5.74) is 3.82. The van der Waals surface area contributed by atoms with Gasteiger partial charge in [-0.25, -0.2) is 14.4 Å². The number of carbonyl (C=O) groups is 5. The lowest BCUT2D eigenvalue weighted by Crippen LogP contribution is -2.53. The molecule has 0 saturated carbocycles. The second-order valence-corrected chi connectivity index (χ2v) is 11.2. The average Bonchev–Trinajstić information content (AvgIpc) is 2.75. The molecule has 0 heterocycles. The molecule has 0 aromatic heterocycles. The molecular weight excluding hydrogens is 496 g/mol. The molecule has 1 unspecified atom stereocenters. The highest BCUT2D eigenvalue weighted by molar-refractivity contribution is 5.87. The molecule has 12 heteroatoms. The molecule has 220 valence electrons. The monoisotopic (exact) mass is 544 g/mol. The molecule has 0 radical (unpaired) electrons. The molecule has 0 saturated heterocycles. The molecule has 0 spiro atoms. The zero-order valence-electron chi connectivity index (χ0n) is 23.8. The fraction of sp³-hybridized carbons (Fsp3) is 0.808. The Morgan fingerprint density at radius 3 is 1.74 bits per heavy atom. The van der Waals surface area contributed by atoms with Crippen LogP contribution in [0.3, 0.4) is 0 Å². The normalized spacial score (nSPS) is 13.1. The van der Waals surface area contributed by atoms with Crippen LogP contribution in [-0.2, 0) is 28.7 Å². The Morgan fingerprint density at radius 2 is 1.26 bits per heavy atom. The van der Waals surface area contributed by atoms with Gasteiger partial charge in [-0.15, -0.1) is 0 Å². The van der Waals surface area contributed by atoms with Crippen molar-refractivity contribution in [3.63, 3.8) is 0 Å². The SMILES string of the molecule is CC(C)(C)OC(=O)C(CCC(=O)O)NC(=O)N[C@@H](CCCCNC(=O)CCCCCN)C(=O)OC(C)(C)C. The number of carboxylic acid groups (broad SMARTS) is 1. The molecule has 38 heavy (non-hydrogen) atoms. The van der Waals surface area contributed by atoms with E-state index in [-0.39, 0.29) is 25.2 Å². The highest BCUT2D eigenvalue weighted by Gasteiger charge is 2.30. The Bertz CT molecular complexity index is 774. The summed E-state index contributed by atoms with van der Waals surface area (Å²) in [6.07, 6.45) is 3.78. The number of rotatable bonds is 17. The van der Waals surface area contributed by atoms with Gasteiger partial charge in [0.05, 0.1) is 0 Å². The van der Waals surface area contributed by atoms with E-state index < -0.39 is 47.2 Å². The largest absolute Gasteiger partial charge is 0.481 e. The molecule has 0 aliphatic heterocycles. The number of unbranched alkanes of at least 4 members (excludes halogenated alkanes) is 3. The van der Waals surface area contributed by atoms with Gasteiger partial charge < -0.3 is 36.3 Å². The van der Waals surface area contributed by atoms with Gasteiger partial charge in [0.25, 0.3) is 0 Å². The second-order valence-electron chi connectivity index (χ2n) is 11.2. The van der Waals surface area contributed by atoms with Crippen LogP contribution in [0.5, 0.6) is 0 Å². The predicted octanol–water partition coefficient (Wildman–Crippen LogP) is 2.38. The fourth-order valence-corrected chi connectivity index (χ4v) is 3.27. The van der Waals surface area contributed by atoms with Crippen molar-refractivity contribution in [2.24, 2.45) is 5.73 Å². The van der Waals surface area contributed by atoms with Gasteiger partial charge in [-0.1, -0.05) is 6.42 Å². The van der Waals surface area contributed by atoms with Gasteiger partial charge in [0.1, 0.15) is 23.3 Å². The van der Waals surface area contributed by atoms with Crippen molar-refractivity contribution in [1.82, 2.24) is 16.0 Å². The minimum absolute atomic E-state index is 0.0437. The second kappa shape index (κ2) is 17.6. The summed E-state index contributed by atoms with van der Waals surface area (Å²) in [6.45, 7) is 11.1. The summed E-state index contributed by atoms with van der Waals surface area (Å²) in [5.74, 6) is -2.59. The lowest BCUT2D eigenvalue weighted by molar-refractivity contribution is -0.158. The number of carboxylic acids is 1. The zero-order chi connectivity index (χ0) is 29.4. The fourth-order valence-electron chi connectivity index (χ4n) is 3.27.